The Hall–Kier alpha value is -2.34. The molecule has 136 valence electrons. The number of benzene rings is 1. The van der Waals surface area contributed by atoms with Crippen molar-refractivity contribution < 1.29 is 4.79 Å². The molecule has 25 heavy (non-hydrogen) atoms. The van der Waals surface area contributed by atoms with Crippen molar-refractivity contribution in [2.45, 2.75) is 45.3 Å². The highest BCUT2D eigenvalue weighted by Crippen LogP contribution is 2.15. The van der Waals surface area contributed by atoms with Gasteiger partial charge in [0.05, 0.1) is 6.33 Å². The number of nitrogens with zero attached hydrogens (tertiary/aromatic N) is 2. The number of aromatic nitrogens is 2. The van der Waals surface area contributed by atoms with E-state index >= 15 is 0 Å². The molecule has 2 aromatic rings. The first kappa shape index (κ1) is 19.0. The van der Waals surface area contributed by atoms with E-state index in [2.05, 4.69) is 53.8 Å². The monoisotopic (exact) mass is 343 g/mol. The van der Waals surface area contributed by atoms with Crippen LogP contribution in [0.2, 0.25) is 0 Å². The maximum absolute atomic E-state index is 11.9. The van der Waals surface area contributed by atoms with E-state index in [0.717, 1.165) is 13.0 Å². The van der Waals surface area contributed by atoms with E-state index in [1.54, 1.807) is 12.5 Å². The summed E-state index contributed by atoms with van der Waals surface area (Å²) in [5, 5.41) is 9.39. The number of hydrogen-bond acceptors (Lipinski definition) is 3. The molecule has 0 aliphatic carbocycles. The Morgan fingerprint density at radius 2 is 2.00 bits per heavy atom. The normalized spacial score (nSPS) is 12.6. The quantitative estimate of drug-likeness (QED) is 0.613. The molecular weight excluding hydrogens is 314 g/mol. The fraction of sp³-hybridized carbons (Fsp3) is 0.474. The highest BCUT2D eigenvalue weighted by atomic mass is 16.2. The molecule has 1 atom stereocenters. The van der Waals surface area contributed by atoms with Gasteiger partial charge in [-0.1, -0.05) is 30.3 Å². The molecule has 1 unspecified atom stereocenters. The summed E-state index contributed by atoms with van der Waals surface area (Å²) in [5.74, 6) is 0. The molecule has 1 aromatic heterocycles. The lowest BCUT2D eigenvalue weighted by atomic mass is 10.0. The molecule has 0 radical (unpaired) electrons. The van der Waals surface area contributed by atoms with Crippen molar-refractivity contribution in [1.29, 1.82) is 0 Å². The standard InChI is InChI=1S/C19H29N5O/c1-16(17-8-5-4-6-9-17)23-19(2,3)14-22-18(25)21-10-7-12-24-13-11-20-15-24/h4-6,8-9,11,13,15-16,23H,7,10,12,14H2,1-3H3,(H2,21,22,25). The van der Waals surface area contributed by atoms with Gasteiger partial charge in [-0.2, -0.15) is 0 Å². The third-order valence-corrected chi connectivity index (χ3v) is 4.04. The lowest BCUT2D eigenvalue weighted by Crippen LogP contribution is -2.51. The number of hydrogen-bond donors (Lipinski definition) is 3. The van der Waals surface area contributed by atoms with Crippen LogP contribution in [0.4, 0.5) is 4.79 Å². The van der Waals surface area contributed by atoms with Gasteiger partial charge in [-0.3, -0.25) is 0 Å². The Kier molecular flexibility index (Phi) is 7.01. The predicted octanol–water partition coefficient (Wildman–Crippen LogP) is 2.70. The van der Waals surface area contributed by atoms with Crippen LogP contribution < -0.4 is 16.0 Å². The van der Waals surface area contributed by atoms with E-state index in [0.29, 0.717) is 13.1 Å². The average Bonchev–Trinajstić information content (AvgIpc) is 3.11. The SMILES string of the molecule is CC(NC(C)(C)CNC(=O)NCCCn1ccnc1)c1ccccc1. The van der Waals surface area contributed by atoms with E-state index < -0.39 is 0 Å². The summed E-state index contributed by atoms with van der Waals surface area (Å²) < 4.78 is 2.00. The van der Waals surface area contributed by atoms with Crippen molar-refractivity contribution in [3.63, 3.8) is 0 Å². The average molecular weight is 343 g/mol. The van der Waals surface area contributed by atoms with Crippen LogP contribution in [-0.4, -0.2) is 34.2 Å². The molecule has 2 rings (SSSR count). The Morgan fingerprint density at radius 3 is 2.68 bits per heavy atom. The molecule has 0 aliphatic heterocycles. The number of carbonyl (C=O) groups is 1. The fourth-order valence-electron chi connectivity index (χ4n) is 2.71. The smallest absolute Gasteiger partial charge is 0.314 e. The number of carbonyl (C=O) groups excluding carboxylic acids is 1. The summed E-state index contributed by atoms with van der Waals surface area (Å²) in [7, 11) is 0. The van der Waals surface area contributed by atoms with Gasteiger partial charge in [0.2, 0.25) is 0 Å². The first-order chi connectivity index (χ1) is 12.0. The molecule has 0 saturated carbocycles. The minimum absolute atomic E-state index is 0.132. The van der Waals surface area contributed by atoms with Gasteiger partial charge in [-0.05, 0) is 32.8 Å². The van der Waals surface area contributed by atoms with Crippen molar-refractivity contribution in [2.75, 3.05) is 13.1 Å². The maximum Gasteiger partial charge on any atom is 0.314 e. The minimum Gasteiger partial charge on any atom is -0.338 e. The summed E-state index contributed by atoms with van der Waals surface area (Å²) >= 11 is 0. The van der Waals surface area contributed by atoms with Gasteiger partial charge >= 0.3 is 6.03 Å². The van der Waals surface area contributed by atoms with Crippen LogP contribution >= 0.6 is 0 Å². The Balaban J connectivity index is 1.65. The van der Waals surface area contributed by atoms with E-state index in [-0.39, 0.29) is 17.6 Å². The molecule has 2 amide bonds. The lowest BCUT2D eigenvalue weighted by molar-refractivity contribution is 0.234. The maximum atomic E-state index is 11.9. The van der Waals surface area contributed by atoms with Crippen LogP contribution in [0.15, 0.2) is 49.1 Å². The molecule has 0 fully saturated rings. The number of amides is 2. The van der Waals surface area contributed by atoms with Crippen LogP contribution in [0.25, 0.3) is 0 Å². The second kappa shape index (κ2) is 9.22. The molecule has 1 aromatic carbocycles. The highest BCUT2D eigenvalue weighted by Gasteiger charge is 2.21. The predicted molar refractivity (Wildman–Crippen MR) is 100 cm³/mol. The Labute approximate surface area is 150 Å². The molecule has 1 heterocycles. The Morgan fingerprint density at radius 1 is 1.24 bits per heavy atom. The molecule has 0 spiro atoms. The van der Waals surface area contributed by atoms with Gasteiger partial charge in [0.15, 0.2) is 0 Å². The van der Waals surface area contributed by atoms with Crippen molar-refractivity contribution in [3.05, 3.63) is 54.6 Å². The Bertz CT molecular complexity index is 625. The summed E-state index contributed by atoms with van der Waals surface area (Å²) in [5.41, 5.74) is 1.03. The van der Waals surface area contributed by atoms with Crippen LogP contribution in [0, 0.1) is 0 Å². The highest BCUT2D eigenvalue weighted by molar-refractivity contribution is 5.73. The molecule has 0 aliphatic rings. The minimum atomic E-state index is -0.205. The zero-order valence-electron chi connectivity index (χ0n) is 15.3. The van der Waals surface area contributed by atoms with Gasteiger partial charge in [-0.25, -0.2) is 9.78 Å². The van der Waals surface area contributed by atoms with Crippen LogP contribution in [0.3, 0.4) is 0 Å². The van der Waals surface area contributed by atoms with Gasteiger partial charge in [0.1, 0.15) is 0 Å². The third-order valence-electron chi connectivity index (χ3n) is 4.04. The zero-order chi connectivity index (χ0) is 18.1. The summed E-state index contributed by atoms with van der Waals surface area (Å²) in [4.78, 5) is 15.9. The summed E-state index contributed by atoms with van der Waals surface area (Å²) in [6, 6.07) is 10.4. The molecule has 0 saturated heterocycles. The topological polar surface area (TPSA) is 71.0 Å². The number of imidazole rings is 1. The van der Waals surface area contributed by atoms with Crippen LogP contribution in [-0.2, 0) is 6.54 Å². The first-order valence-electron chi connectivity index (χ1n) is 8.76. The molecule has 0 bridgehead atoms. The summed E-state index contributed by atoms with van der Waals surface area (Å²) in [6.07, 6.45) is 6.33. The molecule has 3 N–H and O–H groups in total. The van der Waals surface area contributed by atoms with E-state index in [1.807, 2.05) is 29.0 Å². The summed E-state index contributed by atoms with van der Waals surface area (Å²) in [6.45, 7) is 8.35. The number of urea groups is 1. The third kappa shape index (κ3) is 6.97. The zero-order valence-corrected chi connectivity index (χ0v) is 15.3. The second-order valence-corrected chi connectivity index (χ2v) is 6.92. The second-order valence-electron chi connectivity index (χ2n) is 6.92. The fourth-order valence-corrected chi connectivity index (χ4v) is 2.71. The van der Waals surface area contributed by atoms with Crippen LogP contribution in [0.1, 0.15) is 38.8 Å². The number of rotatable bonds is 9. The van der Waals surface area contributed by atoms with E-state index in [1.165, 1.54) is 5.56 Å². The van der Waals surface area contributed by atoms with Gasteiger partial charge in [0, 0.05) is 43.6 Å². The number of nitrogens with one attached hydrogen (secondary N) is 3. The van der Waals surface area contributed by atoms with Crippen molar-refractivity contribution >= 4 is 6.03 Å². The van der Waals surface area contributed by atoms with Gasteiger partial charge in [-0.15, -0.1) is 0 Å². The van der Waals surface area contributed by atoms with Crippen molar-refractivity contribution in [2.24, 2.45) is 0 Å². The first-order valence-corrected chi connectivity index (χ1v) is 8.76. The molecule has 6 nitrogen and oxygen atoms in total. The van der Waals surface area contributed by atoms with Crippen molar-refractivity contribution in [1.82, 2.24) is 25.5 Å². The molecule has 6 heteroatoms. The van der Waals surface area contributed by atoms with E-state index in [9.17, 15) is 4.79 Å². The van der Waals surface area contributed by atoms with Gasteiger partial charge < -0.3 is 20.5 Å². The lowest BCUT2D eigenvalue weighted by Gasteiger charge is -2.30. The number of aryl methyl sites for hydroxylation is 1. The van der Waals surface area contributed by atoms with Crippen LogP contribution in [0.5, 0.6) is 0 Å². The largest absolute Gasteiger partial charge is 0.338 e. The van der Waals surface area contributed by atoms with Gasteiger partial charge in [0.25, 0.3) is 0 Å². The van der Waals surface area contributed by atoms with E-state index in [4.69, 9.17) is 0 Å². The molecular formula is C19H29N5O. The van der Waals surface area contributed by atoms with Crippen molar-refractivity contribution in [3.8, 4) is 0 Å².